The van der Waals surface area contributed by atoms with E-state index in [0.29, 0.717) is 5.56 Å². The van der Waals surface area contributed by atoms with Gasteiger partial charge in [0.15, 0.2) is 0 Å². The van der Waals surface area contributed by atoms with Crippen LogP contribution >= 0.6 is 11.8 Å². The molecule has 2 aromatic carbocycles. The number of amides is 2. The fourth-order valence-electron chi connectivity index (χ4n) is 1.79. The summed E-state index contributed by atoms with van der Waals surface area (Å²) >= 11 is 0.842. The smallest absolute Gasteiger partial charge is 0.269 e. The van der Waals surface area contributed by atoms with Crippen LogP contribution in [0.3, 0.4) is 0 Å². The molecule has 2 N–H and O–H groups in total. The number of aryl methyl sites for hydroxylation is 1. The van der Waals surface area contributed by atoms with Crippen LogP contribution in [0.15, 0.2) is 47.4 Å². The lowest BCUT2D eigenvalue weighted by atomic mass is 10.1. The Hall–Kier alpha value is -2.41. The van der Waals surface area contributed by atoms with Crippen LogP contribution in [-0.2, 0) is 4.79 Å². The van der Waals surface area contributed by atoms with Gasteiger partial charge in [-0.2, -0.15) is 0 Å². The van der Waals surface area contributed by atoms with Crippen LogP contribution in [0.2, 0.25) is 0 Å². The highest BCUT2D eigenvalue weighted by molar-refractivity contribution is 8.00. The lowest BCUT2D eigenvalue weighted by Crippen LogP contribution is -2.42. The van der Waals surface area contributed by atoms with Crippen molar-refractivity contribution >= 4 is 23.6 Å². The normalized spacial score (nSPS) is 10.2. The Morgan fingerprint density at radius 1 is 1.09 bits per heavy atom. The van der Waals surface area contributed by atoms with Crippen molar-refractivity contribution in [3.05, 3.63) is 65.2 Å². The molecule has 0 saturated heterocycles. The summed E-state index contributed by atoms with van der Waals surface area (Å²) in [5.41, 5.74) is 5.73. The van der Waals surface area contributed by atoms with Crippen LogP contribution in [0, 0.1) is 18.6 Å². The molecule has 0 aromatic heterocycles. The Morgan fingerprint density at radius 3 is 2.57 bits per heavy atom. The minimum absolute atomic E-state index is 0.0328. The molecule has 0 heterocycles. The van der Waals surface area contributed by atoms with E-state index in [0.717, 1.165) is 35.5 Å². The van der Waals surface area contributed by atoms with Gasteiger partial charge in [0.1, 0.15) is 11.6 Å². The van der Waals surface area contributed by atoms with Crippen molar-refractivity contribution in [3.63, 3.8) is 0 Å². The maximum Gasteiger partial charge on any atom is 0.269 e. The Bertz CT molecular complexity index is 738. The maximum absolute atomic E-state index is 13.4. The van der Waals surface area contributed by atoms with E-state index in [1.165, 1.54) is 0 Å². The van der Waals surface area contributed by atoms with Gasteiger partial charge >= 0.3 is 0 Å². The monoisotopic (exact) mass is 336 g/mol. The van der Waals surface area contributed by atoms with Crippen molar-refractivity contribution in [2.45, 2.75) is 11.8 Å². The predicted octanol–water partition coefficient (Wildman–Crippen LogP) is 2.83. The first-order chi connectivity index (χ1) is 11.0. The van der Waals surface area contributed by atoms with Crippen LogP contribution in [-0.4, -0.2) is 17.6 Å². The molecule has 2 rings (SSSR count). The first-order valence-electron chi connectivity index (χ1n) is 6.70. The number of hydrogen-bond acceptors (Lipinski definition) is 3. The molecule has 0 radical (unpaired) electrons. The summed E-state index contributed by atoms with van der Waals surface area (Å²) in [6.45, 7) is 1.78. The van der Waals surface area contributed by atoms with Gasteiger partial charge in [-0.05, 0) is 36.8 Å². The second kappa shape index (κ2) is 7.73. The molecule has 0 aliphatic rings. The number of rotatable bonds is 4. The third kappa shape index (κ3) is 4.79. The van der Waals surface area contributed by atoms with Crippen molar-refractivity contribution in [1.82, 2.24) is 10.9 Å². The van der Waals surface area contributed by atoms with Gasteiger partial charge in [-0.1, -0.05) is 18.2 Å². The number of hydrogen-bond donors (Lipinski definition) is 2. The van der Waals surface area contributed by atoms with Crippen LogP contribution in [0.5, 0.6) is 0 Å². The standard InChI is InChI=1S/C16H14F2N2O2S/c1-10-4-2-3-5-12(10)16(22)20-19-15(21)9-23-14-8-11(17)6-7-13(14)18/h2-8H,9H2,1H3,(H,19,21)(H,20,22). The third-order valence-corrected chi connectivity index (χ3v) is 3.99. The molecular weight excluding hydrogens is 322 g/mol. The summed E-state index contributed by atoms with van der Waals surface area (Å²) in [5.74, 6) is -2.32. The van der Waals surface area contributed by atoms with Crippen molar-refractivity contribution in [2.75, 3.05) is 5.75 Å². The van der Waals surface area contributed by atoms with Crippen molar-refractivity contribution in [2.24, 2.45) is 0 Å². The highest BCUT2D eigenvalue weighted by Gasteiger charge is 2.11. The number of thioether (sulfide) groups is 1. The van der Waals surface area contributed by atoms with Gasteiger partial charge < -0.3 is 0 Å². The Kier molecular flexibility index (Phi) is 5.70. The fourth-order valence-corrected chi connectivity index (χ4v) is 2.55. The van der Waals surface area contributed by atoms with Crippen LogP contribution in [0.4, 0.5) is 8.78 Å². The number of carbonyl (C=O) groups excluding carboxylic acids is 2. The number of nitrogens with one attached hydrogen (secondary N) is 2. The molecule has 0 aliphatic heterocycles. The molecule has 0 fully saturated rings. The number of carbonyl (C=O) groups is 2. The number of hydrazine groups is 1. The topological polar surface area (TPSA) is 58.2 Å². The maximum atomic E-state index is 13.4. The summed E-state index contributed by atoms with van der Waals surface area (Å²) < 4.78 is 26.4. The molecule has 2 amide bonds. The van der Waals surface area contributed by atoms with Gasteiger partial charge in [0.25, 0.3) is 5.91 Å². The summed E-state index contributed by atoms with van der Waals surface area (Å²) in [7, 11) is 0. The molecular formula is C16H14F2N2O2S. The Morgan fingerprint density at radius 2 is 1.83 bits per heavy atom. The number of halogens is 2. The lowest BCUT2D eigenvalue weighted by molar-refractivity contribution is -0.119. The lowest BCUT2D eigenvalue weighted by Gasteiger charge is -2.09. The third-order valence-electron chi connectivity index (χ3n) is 2.96. The van der Waals surface area contributed by atoms with E-state index in [9.17, 15) is 18.4 Å². The molecule has 0 unspecified atom stereocenters. The van der Waals surface area contributed by atoms with Crippen molar-refractivity contribution in [3.8, 4) is 0 Å². The first kappa shape index (κ1) is 17.0. The van der Waals surface area contributed by atoms with Gasteiger partial charge in [0.05, 0.1) is 5.75 Å². The summed E-state index contributed by atoms with van der Waals surface area (Å²) in [6.07, 6.45) is 0. The van der Waals surface area contributed by atoms with Gasteiger partial charge in [0, 0.05) is 10.5 Å². The highest BCUT2D eigenvalue weighted by Crippen LogP contribution is 2.22. The van der Waals surface area contributed by atoms with E-state index in [1.807, 2.05) is 0 Å². The minimum atomic E-state index is -0.604. The molecule has 4 nitrogen and oxygen atoms in total. The van der Waals surface area contributed by atoms with Gasteiger partial charge in [0.2, 0.25) is 5.91 Å². The average Bonchev–Trinajstić information content (AvgIpc) is 2.54. The second-order valence-corrected chi connectivity index (χ2v) is 5.70. The molecule has 7 heteroatoms. The Balaban J connectivity index is 1.85. The van der Waals surface area contributed by atoms with Crippen molar-refractivity contribution < 1.29 is 18.4 Å². The zero-order valence-electron chi connectivity index (χ0n) is 12.2. The van der Waals surface area contributed by atoms with Crippen LogP contribution < -0.4 is 10.9 Å². The molecule has 23 heavy (non-hydrogen) atoms. The minimum Gasteiger partial charge on any atom is -0.272 e. The summed E-state index contributed by atoms with van der Waals surface area (Å²) in [6, 6.07) is 9.94. The summed E-state index contributed by atoms with van der Waals surface area (Å²) in [5, 5.41) is 0. The SMILES string of the molecule is Cc1ccccc1C(=O)NNC(=O)CSc1cc(F)ccc1F. The van der Waals surface area contributed by atoms with Gasteiger partial charge in [-0.15, -0.1) is 11.8 Å². The van der Waals surface area contributed by atoms with E-state index in [4.69, 9.17) is 0 Å². The van der Waals surface area contributed by atoms with E-state index in [1.54, 1.807) is 31.2 Å². The molecule has 0 aliphatic carbocycles. The van der Waals surface area contributed by atoms with Crippen LogP contribution in [0.1, 0.15) is 15.9 Å². The predicted molar refractivity (Wildman–Crippen MR) is 83.9 cm³/mol. The fraction of sp³-hybridized carbons (Fsp3) is 0.125. The molecule has 2 aromatic rings. The summed E-state index contributed by atoms with van der Waals surface area (Å²) in [4.78, 5) is 23.6. The van der Waals surface area contributed by atoms with Gasteiger partial charge in [-0.3, -0.25) is 20.4 Å². The highest BCUT2D eigenvalue weighted by atomic mass is 32.2. The zero-order chi connectivity index (χ0) is 16.8. The molecule has 0 bridgehead atoms. The Labute approximate surface area is 136 Å². The molecule has 0 spiro atoms. The quantitative estimate of drug-likeness (QED) is 0.667. The first-order valence-corrected chi connectivity index (χ1v) is 7.68. The zero-order valence-corrected chi connectivity index (χ0v) is 13.0. The van der Waals surface area contributed by atoms with Gasteiger partial charge in [-0.25, -0.2) is 8.78 Å². The van der Waals surface area contributed by atoms with E-state index in [2.05, 4.69) is 10.9 Å². The van der Waals surface area contributed by atoms with Crippen LogP contribution in [0.25, 0.3) is 0 Å². The largest absolute Gasteiger partial charge is 0.272 e. The van der Waals surface area contributed by atoms with E-state index >= 15 is 0 Å². The second-order valence-electron chi connectivity index (χ2n) is 4.68. The van der Waals surface area contributed by atoms with E-state index in [-0.39, 0.29) is 10.6 Å². The average molecular weight is 336 g/mol. The van der Waals surface area contributed by atoms with E-state index < -0.39 is 23.4 Å². The molecule has 0 atom stereocenters. The molecule has 120 valence electrons. The number of benzene rings is 2. The molecule has 0 saturated carbocycles. The van der Waals surface area contributed by atoms with Crippen molar-refractivity contribution in [1.29, 1.82) is 0 Å².